The van der Waals surface area contributed by atoms with Gasteiger partial charge < -0.3 is 4.74 Å². The number of hydrogen-bond donors (Lipinski definition) is 0. The molecule has 0 saturated heterocycles. The number of hydrogen-bond acceptors (Lipinski definition) is 5. The van der Waals surface area contributed by atoms with Crippen molar-refractivity contribution in [2.24, 2.45) is 0 Å². The van der Waals surface area contributed by atoms with E-state index in [0.717, 1.165) is 15.2 Å². The van der Waals surface area contributed by atoms with Crippen molar-refractivity contribution in [3.05, 3.63) is 52.0 Å². The maximum absolute atomic E-state index is 14.0. The highest BCUT2D eigenvalue weighted by atomic mass is 32.2. The Hall–Kier alpha value is -1.77. The van der Waals surface area contributed by atoms with Gasteiger partial charge in [0.05, 0.1) is 7.11 Å². The fourth-order valence-corrected chi connectivity index (χ4v) is 5.22. The fourth-order valence-electron chi connectivity index (χ4n) is 2.69. The molecule has 0 saturated carbocycles. The van der Waals surface area contributed by atoms with Crippen LogP contribution in [0.5, 0.6) is 0 Å². The molecule has 0 fully saturated rings. The molecule has 8 heteroatoms. The molecule has 1 unspecified atom stereocenters. The molecule has 2 aromatic rings. The zero-order valence-electron chi connectivity index (χ0n) is 12.2. The summed E-state index contributed by atoms with van der Waals surface area (Å²) in [5, 5.41) is 1.81. The number of nitrogens with zero attached hydrogens (tertiary/aromatic N) is 1. The molecule has 0 spiro atoms. The molecule has 122 valence electrons. The van der Waals surface area contributed by atoms with Crippen molar-refractivity contribution in [3.63, 3.8) is 0 Å². The summed E-state index contributed by atoms with van der Waals surface area (Å²) in [7, 11) is -2.95. The third-order valence-electron chi connectivity index (χ3n) is 3.77. The highest BCUT2D eigenvalue weighted by molar-refractivity contribution is 7.89. The van der Waals surface area contributed by atoms with E-state index in [1.54, 1.807) is 11.4 Å². The van der Waals surface area contributed by atoms with Gasteiger partial charge in [0.1, 0.15) is 16.8 Å². The van der Waals surface area contributed by atoms with Gasteiger partial charge in [-0.15, -0.1) is 11.3 Å². The average molecular weight is 355 g/mol. The monoisotopic (exact) mass is 355 g/mol. The van der Waals surface area contributed by atoms with E-state index in [4.69, 9.17) is 4.74 Å². The van der Waals surface area contributed by atoms with Gasteiger partial charge >= 0.3 is 5.97 Å². The summed E-state index contributed by atoms with van der Waals surface area (Å²) >= 11 is 1.47. The first kappa shape index (κ1) is 16.1. The van der Waals surface area contributed by atoms with Crippen molar-refractivity contribution in [1.82, 2.24) is 4.31 Å². The zero-order valence-corrected chi connectivity index (χ0v) is 13.9. The van der Waals surface area contributed by atoms with Crippen LogP contribution in [0.1, 0.15) is 16.5 Å². The van der Waals surface area contributed by atoms with Crippen LogP contribution >= 0.6 is 11.3 Å². The molecule has 1 aromatic heterocycles. The Bertz CT molecular complexity index is 847. The highest BCUT2D eigenvalue weighted by Crippen LogP contribution is 2.37. The molecule has 1 aliphatic heterocycles. The molecule has 3 rings (SSSR count). The summed E-state index contributed by atoms with van der Waals surface area (Å²) in [6, 6.07) is 5.77. The first-order valence-corrected chi connectivity index (χ1v) is 9.19. The molecule has 0 amide bonds. The van der Waals surface area contributed by atoms with Gasteiger partial charge in [-0.3, -0.25) is 0 Å². The topological polar surface area (TPSA) is 63.7 Å². The molecule has 1 atom stereocenters. The van der Waals surface area contributed by atoms with Crippen molar-refractivity contribution < 1.29 is 22.3 Å². The number of thiophene rings is 1. The smallest absolute Gasteiger partial charge is 0.328 e. The molecule has 5 nitrogen and oxygen atoms in total. The van der Waals surface area contributed by atoms with Crippen molar-refractivity contribution >= 4 is 27.3 Å². The number of fused-ring (bicyclic) bond motifs is 1. The van der Waals surface area contributed by atoms with Gasteiger partial charge in [0.25, 0.3) is 0 Å². The molecular weight excluding hydrogens is 341 g/mol. The average Bonchev–Trinajstić information content (AvgIpc) is 3.01. The lowest BCUT2D eigenvalue weighted by Crippen LogP contribution is -2.43. The predicted octanol–water partition coefficient (Wildman–Crippen LogP) is 2.35. The Balaban J connectivity index is 2.11. The van der Waals surface area contributed by atoms with Crippen LogP contribution in [-0.4, -0.2) is 32.3 Å². The Kier molecular flexibility index (Phi) is 4.22. The van der Waals surface area contributed by atoms with E-state index in [1.807, 2.05) is 0 Å². The number of benzene rings is 1. The van der Waals surface area contributed by atoms with E-state index < -0.39 is 32.7 Å². The maximum atomic E-state index is 14.0. The van der Waals surface area contributed by atoms with E-state index >= 15 is 0 Å². The van der Waals surface area contributed by atoms with E-state index in [2.05, 4.69) is 0 Å². The van der Waals surface area contributed by atoms with Gasteiger partial charge in [-0.1, -0.05) is 12.1 Å². The summed E-state index contributed by atoms with van der Waals surface area (Å²) in [5.41, 5.74) is 0.605. The van der Waals surface area contributed by atoms with Crippen LogP contribution in [0.3, 0.4) is 0 Å². The summed E-state index contributed by atoms with van der Waals surface area (Å²) in [6.45, 7) is 0.101. The Morgan fingerprint density at radius 3 is 2.78 bits per heavy atom. The summed E-state index contributed by atoms with van der Waals surface area (Å²) in [6.07, 6.45) is 0.480. The number of carbonyl (C=O) groups excluding carboxylic acids is 1. The molecule has 0 N–H and O–H groups in total. The molecule has 23 heavy (non-hydrogen) atoms. The van der Waals surface area contributed by atoms with Crippen LogP contribution in [-0.2, 0) is 26.0 Å². The number of sulfonamides is 1. The normalized spacial score (nSPS) is 18.4. The standard InChI is InChI=1S/C15H14FNO4S2/c1-21-15(18)14-10-7-9-22-12(10)6-8-17(14)23(19,20)13-5-3-2-4-11(13)16/h2-5,7,9,14H,6,8H2,1H3. The van der Waals surface area contributed by atoms with Crippen molar-refractivity contribution in [2.45, 2.75) is 17.4 Å². The lowest BCUT2D eigenvalue weighted by Gasteiger charge is -2.32. The minimum absolute atomic E-state index is 0.101. The van der Waals surface area contributed by atoms with Gasteiger partial charge in [0.2, 0.25) is 10.0 Å². The lowest BCUT2D eigenvalue weighted by molar-refractivity contribution is -0.145. The van der Waals surface area contributed by atoms with Crippen LogP contribution in [0.25, 0.3) is 0 Å². The summed E-state index contributed by atoms with van der Waals surface area (Å²) < 4.78 is 45.5. The van der Waals surface area contributed by atoms with E-state index in [9.17, 15) is 17.6 Å². The van der Waals surface area contributed by atoms with Gasteiger partial charge in [-0.2, -0.15) is 4.31 Å². The molecular formula is C15H14FNO4S2. The van der Waals surface area contributed by atoms with Gasteiger partial charge in [0, 0.05) is 11.4 Å². The van der Waals surface area contributed by atoms with Crippen molar-refractivity contribution in [2.75, 3.05) is 13.7 Å². The number of esters is 1. The number of rotatable bonds is 3. The van der Waals surface area contributed by atoms with Crippen LogP contribution in [0.4, 0.5) is 4.39 Å². The summed E-state index contributed by atoms with van der Waals surface area (Å²) in [5.74, 6) is -1.52. The minimum Gasteiger partial charge on any atom is -0.468 e. The number of halogens is 1. The second-order valence-corrected chi connectivity index (χ2v) is 7.88. The quantitative estimate of drug-likeness (QED) is 0.793. The van der Waals surface area contributed by atoms with Crippen LogP contribution in [0.2, 0.25) is 0 Å². The van der Waals surface area contributed by atoms with Crippen LogP contribution in [0.15, 0.2) is 40.6 Å². The minimum atomic E-state index is -4.16. The molecule has 0 aliphatic carbocycles. The lowest BCUT2D eigenvalue weighted by atomic mass is 10.0. The van der Waals surface area contributed by atoms with Gasteiger partial charge in [-0.25, -0.2) is 17.6 Å². The van der Waals surface area contributed by atoms with Crippen LogP contribution < -0.4 is 0 Å². The molecule has 1 aliphatic rings. The number of methoxy groups -OCH3 is 1. The van der Waals surface area contributed by atoms with Gasteiger partial charge in [0.15, 0.2) is 0 Å². The number of ether oxygens (including phenoxy) is 1. The molecule has 1 aromatic carbocycles. The van der Waals surface area contributed by atoms with Crippen molar-refractivity contribution in [1.29, 1.82) is 0 Å². The Morgan fingerprint density at radius 1 is 1.35 bits per heavy atom. The fraction of sp³-hybridized carbons (Fsp3) is 0.267. The summed E-state index contributed by atoms with van der Waals surface area (Å²) in [4.78, 5) is 12.7. The largest absolute Gasteiger partial charge is 0.468 e. The molecule has 0 radical (unpaired) electrons. The number of carbonyl (C=O) groups is 1. The van der Waals surface area contributed by atoms with Crippen molar-refractivity contribution in [3.8, 4) is 0 Å². The third-order valence-corrected chi connectivity index (χ3v) is 6.66. The molecule has 2 heterocycles. The SMILES string of the molecule is COC(=O)C1c2ccsc2CCN1S(=O)(=O)c1ccccc1F. The highest BCUT2D eigenvalue weighted by Gasteiger charge is 2.42. The van der Waals surface area contributed by atoms with Gasteiger partial charge in [-0.05, 0) is 35.6 Å². The Morgan fingerprint density at radius 2 is 2.09 bits per heavy atom. The Labute approximate surface area is 137 Å². The first-order valence-electron chi connectivity index (χ1n) is 6.87. The van der Waals surface area contributed by atoms with E-state index in [1.165, 1.54) is 36.6 Å². The first-order chi connectivity index (χ1) is 11.0. The predicted molar refractivity (Wildman–Crippen MR) is 83.1 cm³/mol. The third kappa shape index (κ3) is 2.66. The van der Waals surface area contributed by atoms with E-state index in [-0.39, 0.29) is 6.54 Å². The second-order valence-electron chi connectivity index (χ2n) is 5.02. The maximum Gasteiger partial charge on any atom is 0.328 e. The molecule has 0 bridgehead atoms. The van der Waals surface area contributed by atoms with E-state index in [0.29, 0.717) is 12.0 Å². The second kappa shape index (κ2) is 6.03. The zero-order chi connectivity index (χ0) is 16.6. The van der Waals surface area contributed by atoms with Crippen LogP contribution in [0, 0.1) is 5.82 Å².